The second-order valence-electron chi connectivity index (χ2n) is 5.36. The van der Waals surface area contributed by atoms with Crippen LogP contribution in [0.2, 0.25) is 0 Å². The molecule has 3 nitrogen and oxygen atoms in total. The lowest BCUT2D eigenvalue weighted by atomic mass is 10.0. The fourth-order valence-corrected chi connectivity index (χ4v) is 2.91. The fraction of sp³-hybridized carbons (Fsp3) is 0.353. The van der Waals surface area contributed by atoms with E-state index < -0.39 is 0 Å². The Labute approximate surface area is 133 Å². The van der Waals surface area contributed by atoms with E-state index in [1.165, 1.54) is 5.56 Å². The van der Waals surface area contributed by atoms with Crippen LogP contribution in [0, 0.1) is 0 Å². The summed E-state index contributed by atoms with van der Waals surface area (Å²) < 4.78 is 6.58. The van der Waals surface area contributed by atoms with Gasteiger partial charge >= 0.3 is 0 Å². The normalized spacial score (nSPS) is 19.6. The lowest BCUT2D eigenvalue weighted by Crippen LogP contribution is -2.34. The molecule has 1 aliphatic rings. The fourth-order valence-electron chi connectivity index (χ4n) is 2.65. The predicted molar refractivity (Wildman–Crippen MR) is 87.2 cm³/mol. The van der Waals surface area contributed by atoms with Crippen molar-refractivity contribution in [2.24, 2.45) is 0 Å². The molecule has 2 atom stereocenters. The summed E-state index contributed by atoms with van der Waals surface area (Å²) in [6, 6.07) is 15.3. The van der Waals surface area contributed by atoms with Crippen LogP contribution in [0.5, 0.6) is 0 Å². The molecule has 1 saturated heterocycles. The highest BCUT2D eigenvalue weighted by molar-refractivity contribution is 9.10. The molecule has 1 fully saturated rings. The second-order valence-corrected chi connectivity index (χ2v) is 6.27. The number of aromatic nitrogens is 1. The Morgan fingerprint density at radius 1 is 1.24 bits per heavy atom. The Kier molecular flexibility index (Phi) is 5.01. The van der Waals surface area contributed by atoms with Crippen molar-refractivity contribution in [3.63, 3.8) is 0 Å². The maximum Gasteiger partial charge on any atom is 0.0620 e. The zero-order valence-electron chi connectivity index (χ0n) is 11.8. The largest absolute Gasteiger partial charge is 0.380 e. The Balaban J connectivity index is 1.77. The Morgan fingerprint density at radius 3 is 2.76 bits per heavy atom. The molecule has 0 aliphatic carbocycles. The smallest absolute Gasteiger partial charge is 0.0620 e. The summed E-state index contributed by atoms with van der Waals surface area (Å²) in [5, 5.41) is 3.72. The number of benzene rings is 1. The van der Waals surface area contributed by atoms with Gasteiger partial charge in [-0.25, -0.2) is 0 Å². The van der Waals surface area contributed by atoms with E-state index in [-0.39, 0.29) is 6.04 Å². The topological polar surface area (TPSA) is 34.2 Å². The molecule has 110 valence electrons. The summed E-state index contributed by atoms with van der Waals surface area (Å²) >= 11 is 3.50. The van der Waals surface area contributed by atoms with E-state index in [0.29, 0.717) is 6.04 Å². The van der Waals surface area contributed by atoms with Crippen LogP contribution in [0.15, 0.2) is 53.1 Å². The van der Waals surface area contributed by atoms with Crippen molar-refractivity contribution >= 4 is 15.9 Å². The van der Waals surface area contributed by atoms with E-state index in [1.807, 2.05) is 18.3 Å². The van der Waals surface area contributed by atoms with Crippen molar-refractivity contribution in [2.75, 3.05) is 13.2 Å². The van der Waals surface area contributed by atoms with Gasteiger partial charge in [0.2, 0.25) is 0 Å². The molecule has 3 rings (SSSR count). The van der Waals surface area contributed by atoms with Crippen LogP contribution in [-0.4, -0.2) is 24.2 Å². The summed E-state index contributed by atoms with van der Waals surface area (Å²) in [5.74, 6) is 0. The van der Waals surface area contributed by atoms with E-state index in [9.17, 15) is 0 Å². The molecule has 1 N–H and O–H groups in total. The van der Waals surface area contributed by atoms with Gasteiger partial charge < -0.3 is 10.1 Å². The van der Waals surface area contributed by atoms with Crippen molar-refractivity contribution in [1.29, 1.82) is 0 Å². The van der Waals surface area contributed by atoms with Gasteiger partial charge in [0.1, 0.15) is 0 Å². The molecule has 0 spiro atoms. The molecule has 0 saturated carbocycles. The molecule has 0 radical (unpaired) electrons. The number of nitrogens with one attached hydrogen (secondary N) is 1. The van der Waals surface area contributed by atoms with Crippen molar-refractivity contribution in [3.05, 3.63) is 64.4 Å². The molecule has 1 aliphatic heterocycles. The van der Waals surface area contributed by atoms with E-state index in [2.05, 4.69) is 56.6 Å². The number of halogens is 1. The van der Waals surface area contributed by atoms with Crippen LogP contribution in [0.3, 0.4) is 0 Å². The average Bonchev–Trinajstić information content (AvgIpc) is 3.01. The van der Waals surface area contributed by atoms with Gasteiger partial charge in [0, 0.05) is 41.5 Å². The first-order chi connectivity index (χ1) is 10.3. The third-order valence-corrected chi connectivity index (χ3v) is 4.31. The van der Waals surface area contributed by atoms with Gasteiger partial charge in [-0.05, 0) is 36.2 Å². The van der Waals surface area contributed by atoms with Gasteiger partial charge in [-0.15, -0.1) is 0 Å². The van der Waals surface area contributed by atoms with Crippen molar-refractivity contribution in [2.45, 2.75) is 24.9 Å². The van der Waals surface area contributed by atoms with Crippen molar-refractivity contribution in [3.8, 4) is 0 Å². The first-order valence-corrected chi connectivity index (χ1v) is 8.10. The average molecular weight is 347 g/mol. The summed E-state index contributed by atoms with van der Waals surface area (Å²) in [6.07, 6.45) is 3.82. The molecule has 1 aromatic heterocycles. The zero-order valence-corrected chi connectivity index (χ0v) is 13.4. The van der Waals surface area contributed by atoms with Gasteiger partial charge in [0.15, 0.2) is 0 Å². The Hall–Kier alpha value is -1.23. The monoisotopic (exact) mass is 346 g/mol. The lowest BCUT2D eigenvalue weighted by molar-refractivity contribution is 0.188. The minimum Gasteiger partial charge on any atom is -0.380 e. The van der Waals surface area contributed by atoms with Crippen molar-refractivity contribution in [1.82, 2.24) is 10.3 Å². The lowest BCUT2D eigenvalue weighted by Gasteiger charge is -2.22. The third kappa shape index (κ3) is 4.13. The predicted octanol–water partition coefficient (Wildman–Crippen LogP) is 3.51. The molecule has 0 unspecified atom stereocenters. The molecular formula is C17H19BrN2O. The maximum absolute atomic E-state index is 5.48. The van der Waals surface area contributed by atoms with Crippen LogP contribution in [0.4, 0.5) is 0 Å². The number of hydrogen-bond donors (Lipinski definition) is 1. The molecule has 4 heteroatoms. The first kappa shape index (κ1) is 14.7. The number of pyridine rings is 1. The van der Waals surface area contributed by atoms with Gasteiger partial charge in [0.05, 0.1) is 6.61 Å². The minimum atomic E-state index is 0.264. The molecule has 2 heterocycles. The maximum atomic E-state index is 5.48. The van der Waals surface area contributed by atoms with Gasteiger partial charge in [-0.3, -0.25) is 4.98 Å². The zero-order chi connectivity index (χ0) is 14.5. The second kappa shape index (κ2) is 7.16. The number of rotatable bonds is 5. The Bertz CT molecular complexity index is 553. The van der Waals surface area contributed by atoms with E-state index in [0.717, 1.165) is 36.2 Å². The summed E-state index contributed by atoms with van der Waals surface area (Å²) in [7, 11) is 0. The van der Waals surface area contributed by atoms with Gasteiger partial charge in [-0.2, -0.15) is 0 Å². The van der Waals surface area contributed by atoms with E-state index in [4.69, 9.17) is 4.74 Å². The number of nitrogens with zero attached hydrogens (tertiary/aromatic N) is 1. The van der Waals surface area contributed by atoms with E-state index >= 15 is 0 Å². The first-order valence-electron chi connectivity index (χ1n) is 7.30. The summed E-state index contributed by atoms with van der Waals surface area (Å²) in [5.41, 5.74) is 2.40. The minimum absolute atomic E-state index is 0.264. The van der Waals surface area contributed by atoms with Crippen LogP contribution < -0.4 is 5.32 Å². The number of ether oxygens (including phenoxy) is 1. The highest BCUT2D eigenvalue weighted by atomic mass is 79.9. The van der Waals surface area contributed by atoms with E-state index in [1.54, 1.807) is 0 Å². The number of hydrogen-bond acceptors (Lipinski definition) is 3. The quantitative estimate of drug-likeness (QED) is 0.899. The van der Waals surface area contributed by atoms with Crippen LogP contribution >= 0.6 is 15.9 Å². The van der Waals surface area contributed by atoms with Crippen LogP contribution in [0.25, 0.3) is 0 Å². The van der Waals surface area contributed by atoms with Gasteiger partial charge in [0.25, 0.3) is 0 Å². The Morgan fingerprint density at radius 2 is 2.10 bits per heavy atom. The van der Waals surface area contributed by atoms with Crippen molar-refractivity contribution < 1.29 is 4.74 Å². The van der Waals surface area contributed by atoms with Gasteiger partial charge in [-0.1, -0.05) is 34.1 Å². The highest BCUT2D eigenvalue weighted by Gasteiger charge is 2.21. The molecule has 0 bridgehead atoms. The molecule has 0 amide bonds. The molecule has 2 aromatic rings. The molecule has 1 aromatic carbocycles. The van der Waals surface area contributed by atoms with Crippen LogP contribution in [-0.2, 0) is 11.2 Å². The summed E-state index contributed by atoms with van der Waals surface area (Å²) in [4.78, 5) is 4.46. The van der Waals surface area contributed by atoms with Crippen LogP contribution in [0.1, 0.15) is 23.7 Å². The molecular weight excluding hydrogens is 328 g/mol. The highest BCUT2D eigenvalue weighted by Crippen LogP contribution is 2.22. The SMILES string of the molecule is Brc1ccc([C@@H](Cc2ccccn2)N[C@H]2CCOC2)cc1. The standard InChI is InChI=1S/C17H19BrN2O/c18-14-6-4-13(5-7-14)17(20-16-8-10-21-12-16)11-15-3-1-2-9-19-15/h1-7,9,16-17,20H,8,10-12H2/t16-,17+/m0/s1. The molecule has 21 heavy (non-hydrogen) atoms. The third-order valence-electron chi connectivity index (χ3n) is 3.78. The summed E-state index contributed by atoms with van der Waals surface area (Å²) in [6.45, 7) is 1.66.